The molecule has 2 heterocycles. The van der Waals surface area contributed by atoms with Crippen LogP contribution in [0.3, 0.4) is 0 Å². The largest absolute Gasteiger partial charge is 0.489 e. The van der Waals surface area contributed by atoms with Gasteiger partial charge in [0.2, 0.25) is 0 Å². The Labute approximate surface area is 77.7 Å². The Kier molecular flexibility index (Phi) is 2.45. The van der Waals surface area contributed by atoms with E-state index in [1.807, 2.05) is 13.0 Å². The van der Waals surface area contributed by atoms with Gasteiger partial charge in [0, 0.05) is 19.2 Å². The van der Waals surface area contributed by atoms with Gasteiger partial charge in [-0.05, 0) is 18.6 Å². The summed E-state index contributed by atoms with van der Waals surface area (Å²) in [7, 11) is 0. The Morgan fingerprint density at radius 1 is 1.69 bits per heavy atom. The van der Waals surface area contributed by atoms with Crippen LogP contribution in [-0.2, 0) is 4.74 Å². The standard InChI is InChI=1S/C10H13NO2/c1-8-2-4-11-6-10(8)13-7-9-3-5-12-9/h2,4,6,9H,3,5,7H2,1H3/t9-/m1/s1. The Hall–Kier alpha value is -1.09. The van der Waals surface area contributed by atoms with Gasteiger partial charge >= 0.3 is 0 Å². The van der Waals surface area contributed by atoms with Crippen LogP contribution in [0.4, 0.5) is 0 Å². The van der Waals surface area contributed by atoms with Crippen molar-refractivity contribution >= 4 is 0 Å². The number of aromatic nitrogens is 1. The molecule has 3 heteroatoms. The van der Waals surface area contributed by atoms with Gasteiger partial charge in [0.1, 0.15) is 12.4 Å². The number of rotatable bonds is 3. The number of pyridine rings is 1. The molecule has 1 saturated heterocycles. The molecule has 0 N–H and O–H groups in total. The summed E-state index contributed by atoms with van der Waals surface area (Å²) < 4.78 is 10.8. The van der Waals surface area contributed by atoms with E-state index in [1.54, 1.807) is 12.4 Å². The number of hydrogen-bond acceptors (Lipinski definition) is 3. The van der Waals surface area contributed by atoms with Crippen molar-refractivity contribution in [2.45, 2.75) is 19.4 Å². The maximum Gasteiger partial charge on any atom is 0.140 e. The van der Waals surface area contributed by atoms with Crippen LogP contribution >= 0.6 is 0 Å². The van der Waals surface area contributed by atoms with E-state index in [0.717, 1.165) is 24.3 Å². The molecule has 0 saturated carbocycles. The highest BCUT2D eigenvalue weighted by Crippen LogP contribution is 2.17. The quantitative estimate of drug-likeness (QED) is 0.705. The molecule has 1 atom stereocenters. The molecule has 0 radical (unpaired) electrons. The highest BCUT2D eigenvalue weighted by atomic mass is 16.5. The van der Waals surface area contributed by atoms with E-state index in [4.69, 9.17) is 9.47 Å². The van der Waals surface area contributed by atoms with Crippen molar-refractivity contribution in [3.8, 4) is 5.75 Å². The molecule has 0 aromatic carbocycles. The summed E-state index contributed by atoms with van der Waals surface area (Å²) in [6, 6.07) is 1.94. The normalized spacial score (nSPS) is 20.8. The maximum atomic E-state index is 5.55. The molecule has 0 spiro atoms. The number of nitrogens with zero attached hydrogens (tertiary/aromatic N) is 1. The van der Waals surface area contributed by atoms with E-state index in [2.05, 4.69) is 4.98 Å². The molecule has 1 aliphatic rings. The van der Waals surface area contributed by atoms with Gasteiger partial charge in [0.05, 0.1) is 12.3 Å². The third-order valence-corrected chi connectivity index (χ3v) is 2.21. The van der Waals surface area contributed by atoms with Crippen LogP contribution in [-0.4, -0.2) is 24.3 Å². The van der Waals surface area contributed by atoms with Gasteiger partial charge in [0.15, 0.2) is 0 Å². The van der Waals surface area contributed by atoms with Crippen LogP contribution in [0.1, 0.15) is 12.0 Å². The highest BCUT2D eigenvalue weighted by Gasteiger charge is 2.18. The zero-order chi connectivity index (χ0) is 9.10. The third kappa shape index (κ3) is 1.98. The van der Waals surface area contributed by atoms with E-state index < -0.39 is 0 Å². The van der Waals surface area contributed by atoms with Crippen LogP contribution in [0.25, 0.3) is 0 Å². The maximum absolute atomic E-state index is 5.55. The Morgan fingerprint density at radius 2 is 2.54 bits per heavy atom. The fourth-order valence-corrected chi connectivity index (χ4v) is 1.20. The molecule has 1 aliphatic heterocycles. The monoisotopic (exact) mass is 179 g/mol. The van der Waals surface area contributed by atoms with Crippen molar-refractivity contribution in [2.75, 3.05) is 13.2 Å². The van der Waals surface area contributed by atoms with Gasteiger partial charge in [-0.2, -0.15) is 0 Å². The highest BCUT2D eigenvalue weighted by molar-refractivity contribution is 5.27. The molecule has 13 heavy (non-hydrogen) atoms. The molecule has 1 aromatic rings. The molecule has 0 amide bonds. The molecule has 0 aliphatic carbocycles. The van der Waals surface area contributed by atoms with Gasteiger partial charge in [-0.25, -0.2) is 0 Å². The van der Waals surface area contributed by atoms with Crippen molar-refractivity contribution < 1.29 is 9.47 Å². The fourth-order valence-electron chi connectivity index (χ4n) is 1.20. The minimum absolute atomic E-state index is 0.291. The molecule has 0 bridgehead atoms. The molecule has 3 nitrogen and oxygen atoms in total. The topological polar surface area (TPSA) is 31.4 Å². The Morgan fingerprint density at radius 3 is 3.15 bits per heavy atom. The van der Waals surface area contributed by atoms with Crippen molar-refractivity contribution in [3.63, 3.8) is 0 Å². The van der Waals surface area contributed by atoms with Crippen molar-refractivity contribution in [3.05, 3.63) is 24.0 Å². The summed E-state index contributed by atoms with van der Waals surface area (Å²) >= 11 is 0. The first kappa shape index (κ1) is 8.51. The van der Waals surface area contributed by atoms with Crippen molar-refractivity contribution in [1.82, 2.24) is 4.98 Å². The third-order valence-electron chi connectivity index (χ3n) is 2.21. The summed E-state index contributed by atoms with van der Waals surface area (Å²) in [5, 5.41) is 0. The minimum atomic E-state index is 0.291. The second-order valence-corrected chi connectivity index (χ2v) is 3.23. The lowest BCUT2D eigenvalue weighted by atomic mass is 10.2. The Bertz CT molecular complexity index is 284. The predicted molar refractivity (Wildman–Crippen MR) is 48.8 cm³/mol. The zero-order valence-corrected chi connectivity index (χ0v) is 7.69. The van der Waals surface area contributed by atoms with E-state index in [9.17, 15) is 0 Å². The Balaban J connectivity index is 1.89. The zero-order valence-electron chi connectivity index (χ0n) is 7.69. The molecule has 1 fully saturated rings. The predicted octanol–water partition coefficient (Wildman–Crippen LogP) is 1.56. The molecule has 70 valence electrons. The summed E-state index contributed by atoms with van der Waals surface area (Å²) in [5.41, 5.74) is 1.12. The number of aryl methyl sites for hydroxylation is 1. The summed E-state index contributed by atoms with van der Waals surface area (Å²) in [6.45, 7) is 3.53. The summed E-state index contributed by atoms with van der Waals surface area (Å²) in [5.74, 6) is 0.859. The SMILES string of the molecule is Cc1ccncc1OC[C@H]1CCO1. The molecular formula is C10H13NO2. The number of ether oxygens (including phenoxy) is 2. The summed E-state index contributed by atoms with van der Waals surface area (Å²) in [4.78, 5) is 4.00. The van der Waals surface area contributed by atoms with Gasteiger partial charge in [-0.3, -0.25) is 4.98 Å². The lowest BCUT2D eigenvalue weighted by Crippen LogP contribution is -2.32. The average Bonchev–Trinajstić information content (AvgIpc) is 2.05. The van der Waals surface area contributed by atoms with E-state index in [0.29, 0.717) is 12.7 Å². The van der Waals surface area contributed by atoms with Crippen LogP contribution in [0.5, 0.6) is 5.75 Å². The van der Waals surface area contributed by atoms with Crippen LogP contribution < -0.4 is 4.74 Å². The smallest absolute Gasteiger partial charge is 0.140 e. The van der Waals surface area contributed by atoms with Gasteiger partial charge in [-0.15, -0.1) is 0 Å². The van der Waals surface area contributed by atoms with E-state index in [-0.39, 0.29) is 0 Å². The second-order valence-electron chi connectivity index (χ2n) is 3.23. The molecular weight excluding hydrogens is 166 g/mol. The van der Waals surface area contributed by atoms with Crippen LogP contribution in [0.15, 0.2) is 18.5 Å². The van der Waals surface area contributed by atoms with Crippen LogP contribution in [0.2, 0.25) is 0 Å². The second kappa shape index (κ2) is 3.75. The molecule has 0 unspecified atom stereocenters. The van der Waals surface area contributed by atoms with E-state index >= 15 is 0 Å². The summed E-state index contributed by atoms with van der Waals surface area (Å²) in [6.07, 6.45) is 4.91. The van der Waals surface area contributed by atoms with E-state index in [1.165, 1.54) is 0 Å². The first-order valence-corrected chi connectivity index (χ1v) is 4.51. The van der Waals surface area contributed by atoms with Crippen LogP contribution in [0, 0.1) is 6.92 Å². The average molecular weight is 179 g/mol. The molecule has 1 aromatic heterocycles. The van der Waals surface area contributed by atoms with Crippen molar-refractivity contribution in [1.29, 1.82) is 0 Å². The minimum Gasteiger partial charge on any atom is -0.489 e. The number of hydrogen-bond donors (Lipinski definition) is 0. The lowest BCUT2D eigenvalue weighted by Gasteiger charge is -2.26. The van der Waals surface area contributed by atoms with Gasteiger partial charge in [-0.1, -0.05) is 0 Å². The van der Waals surface area contributed by atoms with Crippen molar-refractivity contribution in [2.24, 2.45) is 0 Å². The molecule has 2 rings (SSSR count). The fraction of sp³-hybridized carbons (Fsp3) is 0.500. The first-order valence-electron chi connectivity index (χ1n) is 4.51. The van der Waals surface area contributed by atoms with Gasteiger partial charge in [0.25, 0.3) is 0 Å². The van der Waals surface area contributed by atoms with Gasteiger partial charge < -0.3 is 9.47 Å². The lowest BCUT2D eigenvalue weighted by molar-refractivity contribution is -0.0722. The first-order chi connectivity index (χ1) is 6.36.